The second kappa shape index (κ2) is 7.15. The van der Waals surface area contributed by atoms with Gasteiger partial charge in [-0.25, -0.2) is 4.39 Å². The molecule has 0 aliphatic carbocycles. The van der Waals surface area contributed by atoms with Crippen LogP contribution in [0.25, 0.3) is 0 Å². The summed E-state index contributed by atoms with van der Waals surface area (Å²) < 4.78 is 20.1. The van der Waals surface area contributed by atoms with E-state index in [0.717, 1.165) is 0 Å². The molecule has 0 saturated carbocycles. The molecule has 4 heteroatoms. The van der Waals surface area contributed by atoms with Crippen molar-refractivity contribution >= 4 is 21.7 Å². The summed E-state index contributed by atoms with van der Waals surface area (Å²) >= 11 is 3.20. The molecule has 0 radical (unpaired) electrons. The van der Waals surface area contributed by atoms with Crippen LogP contribution in [-0.2, 0) is 16.0 Å². The fourth-order valence-electron chi connectivity index (χ4n) is 2.20. The molecule has 1 rings (SSSR count). The summed E-state index contributed by atoms with van der Waals surface area (Å²) in [6, 6.07) is 4.76. The molecule has 0 bridgehead atoms. The van der Waals surface area contributed by atoms with E-state index in [1.807, 2.05) is 20.8 Å². The fraction of sp³-hybridized carbons (Fsp3) is 0.533. The van der Waals surface area contributed by atoms with E-state index in [0.29, 0.717) is 29.5 Å². The Morgan fingerprint density at radius 2 is 1.95 bits per heavy atom. The first-order valence-corrected chi connectivity index (χ1v) is 7.39. The Kier molecular flexibility index (Phi) is 6.14. The number of carbonyl (C=O) groups is 1. The van der Waals surface area contributed by atoms with Crippen LogP contribution in [0.3, 0.4) is 0 Å². The van der Waals surface area contributed by atoms with Gasteiger partial charge in [-0.3, -0.25) is 4.79 Å². The SMILES string of the molecule is CCOC(CC)(CC)C(=O)Cc1ccc(Br)cc1F. The predicted octanol–water partition coefficient (Wildman–Crippen LogP) is 4.30. The van der Waals surface area contributed by atoms with E-state index in [4.69, 9.17) is 4.74 Å². The van der Waals surface area contributed by atoms with Crippen molar-refractivity contribution < 1.29 is 13.9 Å². The molecule has 1 aromatic carbocycles. The van der Waals surface area contributed by atoms with Gasteiger partial charge in [-0.15, -0.1) is 0 Å². The van der Waals surface area contributed by atoms with Crippen LogP contribution in [0.2, 0.25) is 0 Å². The zero-order valence-electron chi connectivity index (χ0n) is 11.6. The third kappa shape index (κ3) is 3.86. The van der Waals surface area contributed by atoms with Gasteiger partial charge in [0, 0.05) is 17.5 Å². The van der Waals surface area contributed by atoms with E-state index >= 15 is 0 Å². The molecule has 0 spiro atoms. The highest BCUT2D eigenvalue weighted by Gasteiger charge is 2.35. The average molecular weight is 331 g/mol. The number of hydrogen-bond acceptors (Lipinski definition) is 2. The Bertz CT molecular complexity index is 442. The Labute approximate surface area is 122 Å². The second-order valence-corrected chi connectivity index (χ2v) is 5.39. The number of Topliss-reactive ketones (excluding diaryl/α,β-unsaturated/α-hetero) is 1. The lowest BCUT2D eigenvalue weighted by Crippen LogP contribution is -2.41. The Morgan fingerprint density at radius 1 is 1.32 bits per heavy atom. The van der Waals surface area contributed by atoms with E-state index in [9.17, 15) is 9.18 Å². The summed E-state index contributed by atoms with van der Waals surface area (Å²) in [5, 5.41) is 0. The minimum absolute atomic E-state index is 0.0550. The molecule has 0 atom stereocenters. The van der Waals surface area contributed by atoms with E-state index in [1.165, 1.54) is 6.07 Å². The van der Waals surface area contributed by atoms with Crippen molar-refractivity contribution in [2.75, 3.05) is 6.61 Å². The number of rotatable bonds is 7. The molecule has 0 saturated heterocycles. The summed E-state index contributed by atoms with van der Waals surface area (Å²) in [5.41, 5.74) is -0.368. The number of halogens is 2. The van der Waals surface area contributed by atoms with Crippen LogP contribution in [-0.4, -0.2) is 18.0 Å². The molecule has 0 unspecified atom stereocenters. The van der Waals surface area contributed by atoms with Gasteiger partial charge in [0.05, 0.1) is 0 Å². The third-order valence-corrected chi connectivity index (χ3v) is 3.93. The molecule has 0 aliphatic heterocycles. The average Bonchev–Trinajstić information content (AvgIpc) is 2.39. The van der Waals surface area contributed by atoms with Gasteiger partial charge in [-0.1, -0.05) is 35.8 Å². The van der Waals surface area contributed by atoms with Crippen molar-refractivity contribution in [2.45, 2.75) is 45.6 Å². The molecule has 1 aromatic rings. The molecular weight excluding hydrogens is 311 g/mol. The van der Waals surface area contributed by atoms with E-state index in [1.54, 1.807) is 12.1 Å². The van der Waals surface area contributed by atoms with Crippen LogP contribution < -0.4 is 0 Å². The van der Waals surface area contributed by atoms with Gasteiger partial charge in [0.1, 0.15) is 11.4 Å². The summed E-state index contributed by atoms with van der Waals surface area (Å²) in [6.07, 6.45) is 1.28. The van der Waals surface area contributed by atoms with Crippen molar-refractivity contribution in [3.63, 3.8) is 0 Å². The van der Waals surface area contributed by atoms with Crippen LogP contribution in [0.15, 0.2) is 22.7 Å². The fourth-order valence-corrected chi connectivity index (χ4v) is 2.54. The highest BCUT2D eigenvalue weighted by molar-refractivity contribution is 9.10. The largest absolute Gasteiger partial charge is 0.368 e. The minimum atomic E-state index is -0.783. The van der Waals surface area contributed by atoms with Gasteiger partial charge in [-0.05, 0) is 37.5 Å². The van der Waals surface area contributed by atoms with Gasteiger partial charge in [0.15, 0.2) is 5.78 Å². The molecule has 0 N–H and O–H groups in total. The quantitative estimate of drug-likeness (QED) is 0.745. The minimum Gasteiger partial charge on any atom is -0.368 e. The molecule has 19 heavy (non-hydrogen) atoms. The summed E-state index contributed by atoms with van der Waals surface area (Å²) in [5.74, 6) is -0.416. The van der Waals surface area contributed by atoms with E-state index in [-0.39, 0.29) is 18.0 Å². The highest BCUT2D eigenvalue weighted by atomic mass is 79.9. The van der Waals surface area contributed by atoms with Crippen LogP contribution >= 0.6 is 15.9 Å². The third-order valence-electron chi connectivity index (χ3n) is 3.44. The summed E-state index contributed by atoms with van der Waals surface area (Å²) in [4.78, 5) is 12.4. The Morgan fingerprint density at radius 3 is 2.42 bits per heavy atom. The molecule has 0 amide bonds. The molecular formula is C15H20BrFO2. The zero-order valence-corrected chi connectivity index (χ0v) is 13.2. The molecule has 0 aromatic heterocycles. The first kappa shape index (κ1) is 16.3. The molecule has 0 fully saturated rings. The number of hydrogen-bond donors (Lipinski definition) is 0. The summed E-state index contributed by atoms with van der Waals surface area (Å²) in [7, 11) is 0. The maximum absolute atomic E-state index is 13.8. The number of benzene rings is 1. The first-order valence-electron chi connectivity index (χ1n) is 6.60. The van der Waals surface area contributed by atoms with E-state index < -0.39 is 5.60 Å². The van der Waals surface area contributed by atoms with Gasteiger partial charge in [0.2, 0.25) is 0 Å². The van der Waals surface area contributed by atoms with Crippen molar-refractivity contribution in [1.82, 2.24) is 0 Å². The summed E-state index contributed by atoms with van der Waals surface area (Å²) in [6.45, 7) is 6.20. The highest BCUT2D eigenvalue weighted by Crippen LogP contribution is 2.25. The van der Waals surface area contributed by atoms with E-state index in [2.05, 4.69) is 15.9 Å². The van der Waals surface area contributed by atoms with Gasteiger partial charge in [-0.2, -0.15) is 0 Å². The smallest absolute Gasteiger partial charge is 0.169 e. The molecule has 0 heterocycles. The number of ether oxygens (including phenoxy) is 1. The lowest BCUT2D eigenvalue weighted by Gasteiger charge is -2.30. The predicted molar refractivity (Wildman–Crippen MR) is 77.8 cm³/mol. The molecule has 2 nitrogen and oxygen atoms in total. The van der Waals surface area contributed by atoms with Crippen molar-refractivity contribution in [2.24, 2.45) is 0 Å². The lowest BCUT2D eigenvalue weighted by molar-refractivity contribution is -0.144. The molecule has 106 valence electrons. The van der Waals surface area contributed by atoms with Gasteiger partial charge >= 0.3 is 0 Å². The normalized spacial score (nSPS) is 11.6. The lowest BCUT2D eigenvalue weighted by atomic mass is 9.88. The van der Waals surface area contributed by atoms with Gasteiger partial charge < -0.3 is 4.74 Å². The first-order chi connectivity index (χ1) is 8.99. The van der Waals surface area contributed by atoms with Crippen molar-refractivity contribution in [3.8, 4) is 0 Å². The molecule has 0 aliphatic rings. The van der Waals surface area contributed by atoms with Crippen molar-refractivity contribution in [1.29, 1.82) is 0 Å². The van der Waals surface area contributed by atoms with Crippen LogP contribution in [0.1, 0.15) is 39.2 Å². The van der Waals surface area contributed by atoms with Crippen LogP contribution in [0.4, 0.5) is 4.39 Å². The maximum atomic E-state index is 13.8. The number of carbonyl (C=O) groups excluding carboxylic acids is 1. The zero-order chi connectivity index (χ0) is 14.5. The monoisotopic (exact) mass is 330 g/mol. The van der Waals surface area contributed by atoms with Crippen molar-refractivity contribution in [3.05, 3.63) is 34.1 Å². The Hall–Kier alpha value is -0.740. The van der Waals surface area contributed by atoms with Gasteiger partial charge in [0.25, 0.3) is 0 Å². The van der Waals surface area contributed by atoms with Crippen LogP contribution in [0, 0.1) is 5.82 Å². The van der Waals surface area contributed by atoms with Crippen LogP contribution in [0.5, 0.6) is 0 Å². The second-order valence-electron chi connectivity index (χ2n) is 4.47. The Balaban J connectivity index is 2.93. The maximum Gasteiger partial charge on any atom is 0.169 e. The topological polar surface area (TPSA) is 26.3 Å². The number of ketones is 1. The standard InChI is InChI=1S/C15H20BrFO2/c1-4-15(5-2,19-6-3)14(18)9-11-7-8-12(16)10-13(11)17/h7-8,10H,4-6,9H2,1-3H3.